The van der Waals surface area contributed by atoms with Crippen LogP contribution in [0.4, 0.5) is 23.1 Å². The van der Waals surface area contributed by atoms with E-state index in [4.69, 9.17) is 11.0 Å². The van der Waals surface area contributed by atoms with Gasteiger partial charge in [-0.1, -0.05) is 0 Å². The van der Waals surface area contributed by atoms with Crippen molar-refractivity contribution in [1.29, 1.82) is 5.26 Å². The van der Waals surface area contributed by atoms with E-state index in [1.807, 2.05) is 26.0 Å². The van der Waals surface area contributed by atoms with Gasteiger partial charge in [0.25, 0.3) is 0 Å². The van der Waals surface area contributed by atoms with Gasteiger partial charge in [-0.25, -0.2) is 4.98 Å². The number of nitrogens with zero attached hydrogens (tertiary/aromatic N) is 3. The van der Waals surface area contributed by atoms with Gasteiger partial charge in [0.2, 0.25) is 11.9 Å². The number of amides is 1. The van der Waals surface area contributed by atoms with Gasteiger partial charge in [0.1, 0.15) is 5.82 Å². The average Bonchev–Trinajstić information content (AvgIpc) is 2.70. The zero-order chi connectivity index (χ0) is 20.8. The minimum atomic E-state index is -0.481. The van der Waals surface area contributed by atoms with E-state index < -0.39 is 5.91 Å². The maximum atomic E-state index is 10.9. The van der Waals surface area contributed by atoms with Crippen LogP contribution in [-0.4, -0.2) is 15.9 Å². The van der Waals surface area contributed by atoms with Crippen molar-refractivity contribution in [3.63, 3.8) is 0 Å². The number of hydrogen-bond donors (Lipinski definition) is 3. The Morgan fingerprint density at radius 3 is 2.41 bits per heavy atom. The number of anilines is 4. The standard InChI is InChI=1S/C22H20N6O/c1-14-11-17(5-8-19(24)29)12-15(2)21(14)27-20-9-10-25-22(28-20)26-18-6-3-16(13-23)4-7-18/h3-12H,1-2H3,(H2,24,29)(H2,25,26,27,28)/b8-5-. The Balaban J connectivity index is 1.79. The van der Waals surface area contributed by atoms with E-state index in [2.05, 4.69) is 26.7 Å². The molecule has 0 saturated carbocycles. The summed E-state index contributed by atoms with van der Waals surface area (Å²) in [6.45, 7) is 3.96. The van der Waals surface area contributed by atoms with Crippen LogP contribution in [0.1, 0.15) is 22.3 Å². The topological polar surface area (TPSA) is 117 Å². The highest BCUT2D eigenvalue weighted by atomic mass is 16.1. The predicted molar refractivity (Wildman–Crippen MR) is 114 cm³/mol. The molecule has 1 heterocycles. The zero-order valence-corrected chi connectivity index (χ0v) is 16.1. The molecular weight excluding hydrogens is 364 g/mol. The third kappa shape index (κ3) is 5.17. The van der Waals surface area contributed by atoms with Crippen molar-refractivity contribution in [2.45, 2.75) is 13.8 Å². The molecule has 3 rings (SSSR count). The number of primary amides is 1. The van der Waals surface area contributed by atoms with Crippen LogP contribution < -0.4 is 16.4 Å². The molecule has 0 aliphatic carbocycles. The summed E-state index contributed by atoms with van der Waals surface area (Å²) in [5, 5.41) is 15.3. The van der Waals surface area contributed by atoms with Gasteiger partial charge < -0.3 is 16.4 Å². The minimum Gasteiger partial charge on any atom is -0.366 e. The highest BCUT2D eigenvalue weighted by molar-refractivity contribution is 5.90. The second-order valence-corrected chi connectivity index (χ2v) is 6.47. The van der Waals surface area contributed by atoms with Crippen LogP contribution in [0.2, 0.25) is 0 Å². The van der Waals surface area contributed by atoms with E-state index in [1.165, 1.54) is 6.08 Å². The quantitative estimate of drug-likeness (QED) is 0.554. The zero-order valence-electron chi connectivity index (χ0n) is 16.1. The van der Waals surface area contributed by atoms with E-state index in [9.17, 15) is 4.79 Å². The maximum absolute atomic E-state index is 10.9. The fraction of sp³-hybridized carbons (Fsp3) is 0.0909. The average molecular weight is 384 g/mol. The Bertz CT molecular complexity index is 1090. The third-order valence-corrected chi connectivity index (χ3v) is 4.17. The summed E-state index contributed by atoms with van der Waals surface area (Å²) >= 11 is 0. The maximum Gasteiger partial charge on any atom is 0.241 e. The molecule has 144 valence electrons. The number of benzene rings is 2. The number of hydrogen-bond acceptors (Lipinski definition) is 6. The first-order chi connectivity index (χ1) is 13.9. The van der Waals surface area contributed by atoms with Crippen molar-refractivity contribution in [2.75, 3.05) is 10.6 Å². The fourth-order valence-corrected chi connectivity index (χ4v) is 2.84. The van der Waals surface area contributed by atoms with Crippen LogP contribution in [0.15, 0.2) is 54.7 Å². The molecule has 0 aliphatic heterocycles. The van der Waals surface area contributed by atoms with Gasteiger partial charge in [0, 0.05) is 23.6 Å². The minimum absolute atomic E-state index is 0.441. The molecule has 1 aromatic heterocycles. The molecule has 0 unspecified atom stereocenters. The van der Waals surface area contributed by atoms with E-state index in [0.717, 1.165) is 28.1 Å². The normalized spacial score (nSPS) is 10.5. The van der Waals surface area contributed by atoms with Crippen molar-refractivity contribution in [3.8, 4) is 6.07 Å². The molecule has 3 aromatic rings. The van der Waals surface area contributed by atoms with Crippen molar-refractivity contribution in [3.05, 3.63) is 77.0 Å². The number of rotatable bonds is 6. The van der Waals surface area contributed by atoms with Crippen molar-refractivity contribution >= 4 is 35.1 Å². The Hall–Kier alpha value is -4.18. The first-order valence-electron chi connectivity index (χ1n) is 8.90. The van der Waals surface area contributed by atoms with Crippen LogP contribution in [0.25, 0.3) is 6.08 Å². The molecule has 29 heavy (non-hydrogen) atoms. The number of aromatic nitrogens is 2. The van der Waals surface area contributed by atoms with E-state index in [0.29, 0.717) is 17.3 Å². The number of carbonyl (C=O) groups excluding carboxylic acids is 1. The molecule has 0 aliphatic rings. The SMILES string of the molecule is Cc1cc(/C=C\C(N)=O)cc(C)c1Nc1ccnc(Nc2ccc(C#N)cc2)n1. The van der Waals surface area contributed by atoms with Crippen LogP contribution >= 0.6 is 0 Å². The summed E-state index contributed by atoms with van der Waals surface area (Å²) in [6, 6.07) is 14.9. The van der Waals surface area contributed by atoms with E-state index in [1.54, 1.807) is 42.6 Å². The molecule has 7 nitrogen and oxygen atoms in total. The second kappa shape index (κ2) is 8.67. The molecule has 2 aromatic carbocycles. The molecule has 0 radical (unpaired) electrons. The third-order valence-electron chi connectivity index (χ3n) is 4.17. The summed E-state index contributed by atoms with van der Waals surface area (Å²) in [7, 11) is 0. The number of carbonyl (C=O) groups is 1. The molecule has 7 heteroatoms. The van der Waals surface area contributed by atoms with Crippen LogP contribution in [0.5, 0.6) is 0 Å². The van der Waals surface area contributed by atoms with Gasteiger partial charge in [-0.3, -0.25) is 4.79 Å². The van der Waals surface area contributed by atoms with Gasteiger partial charge in [-0.05, 0) is 79.1 Å². The van der Waals surface area contributed by atoms with Gasteiger partial charge in [-0.15, -0.1) is 0 Å². The lowest BCUT2D eigenvalue weighted by atomic mass is 10.0. The lowest BCUT2D eigenvalue weighted by molar-refractivity contribution is -0.113. The number of nitriles is 1. The predicted octanol–water partition coefficient (Wildman–Crippen LogP) is 3.95. The smallest absolute Gasteiger partial charge is 0.241 e. The van der Waals surface area contributed by atoms with Gasteiger partial charge in [-0.2, -0.15) is 10.2 Å². The lowest BCUT2D eigenvalue weighted by Gasteiger charge is -2.14. The first kappa shape index (κ1) is 19.6. The monoisotopic (exact) mass is 384 g/mol. The molecule has 4 N–H and O–H groups in total. The molecule has 0 fully saturated rings. The van der Waals surface area contributed by atoms with Crippen molar-refractivity contribution < 1.29 is 4.79 Å². The highest BCUT2D eigenvalue weighted by Gasteiger charge is 2.07. The highest BCUT2D eigenvalue weighted by Crippen LogP contribution is 2.26. The molecule has 0 saturated heterocycles. The summed E-state index contributed by atoms with van der Waals surface area (Å²) in [6.07, 6.45) is 4.69. The lowest BCUT2D eigenvalue weighted by Crippen LogP contribution is -2.05. The van der Waals surface area contributed by atoms with Gasteiger partial charge >= 0.3 is 0 Å². The molecular formula is C22H20N6O. The summed E-state index contributed by atoms with van der Waals surface area (Å²) in [5.41, 5.74) is 10.4. The van der Waals surface area contributed by atoms with Crippen molar-refractivity contribution in [1.82, 2.24) is 9.97 Å². The van der Waals surface area contributed by atoms with Crippen molar-refractivity contribution in [2.24, 2.45) is 5.73 Å². The van der Waals surface area contributed by atoms with E-state index in [-0.39, 0.29) is 0 Å². The summed E-state index contributed by atoms with van der Waals surface area (Å²) in [5.74, 6) is 0.601. The Labute approximate surface area is 168 Å². The van der Waals surface area contributed by atoms with E-state index >= 15 is 0 Å². The number of nitrogens with two attached hydrogens (primary N) is 1. The number of aryl methyl sites for hydroxylation is 2. The largest absolute Gasteiger partial charge is 0.366 e. The first-order valence-corrected chi connectivity index (χ1v) is 8.90. The molecule has 1 amide bonds. The molecule has 0 spiro atoms. The van der Waals surface area contributed by atoms with Gasteiger partial charge in [0.05, 0.1) is 11.6 Å². The fourth-order valence-electron chi connectivity index (χ4n) is 2.84. The summed E-state index contributed by atoms with van der Waals surface area (Å²) in [4.78, 5) is 19.7. The van der Waals surface area contributed by atoms with Gasteiger partial charge in [0.15, 0.2) is 0 Å². The van der Waals surface area contributed by atoms with Crippen LogP contribution in [0, 0.1) is 25.2 Å². The Kier molecular flexibility index (Phi) is 5.85. The Morgan fingerprint density at radius 2 is 1.79 bits per heavy atom. The van der Waals surface area contributed by atoms with Crippen LogP contribution in [0.3, 0.4) is 0 Å². The summed E-state index contributed by atoms with van der Waals surface area (Å²) < 4.78 is 0. The second-order valence-electron chi connectivity index (χ2n) is 6.47. The van der Waals surface area contributed by atoms with Crippen LogP contribution in [-0.2, 0) is 4.79 Å². The Morgan fingerprint density at radius 1 is 1.10 bits per heavy atom. The molecule has 0 bridgehead atoms. The number of nitrogens with one attached hydrogen (secondary N) is 2. The molecule has 0 atom stereocenters.